The van der Waals surface area contributed by atoms with Crippen LogP contribution in [0.4, 0.5) is 11.4 Å². The number of pyridine rings is 2. The number of carbonyl (C=O) groups excluding carboxylic acids is 2. The van der Waals surface area contributed by atoms with Gasteiger partial charge >= 0.3 is 0 Å². The number of ether oxygens (including phenoxy) is 2. The van der Waals surface area contributed by atoms with Crippen LogP contribution >= 0.6 is 0 Å². The lowest BCUT2D eigenvalue weighted by Gasteiger charge is -2.11. The number of nitrogens with one attached hydrogen (secondary N) is 2. The number of amides is 2. The fourth-order valence-corrected chi connectivity index (χ4v) is 4.31. The van der Waals surface area contributed by atoms with Crippen LogP contribution in [-0.2, 0) is 0 Å². The summed E-state index contributed by atoms with van der Waals surface area (Å²) in [5.74, 6) is 0.796. The minimum absolute atomic E-state index is 0.292. The van der Waals surface area contributed by atoms with Crippen molar-refractivity contribution in [2.75, 3.05) is 24.9 Å². The predicted molar refractivity (Wildman–Crippen MR) is 148 cm³/mol. The zero-order valence-electron chi connectivity index (χ0n) is 21.5. The predicted octanol–water partition coefficient (Wildman–Crippen LogP) is 5.92. The van der Waals surface area contributed by atoms with Crippen LogP contribution in [0, 0.1) is 13.8 Å². The topological polar surface area (TPSA) is 102 Å². The maximum Gasteiger partial charge on any atom is 0.255 e. The lowest BCUT2D eigenvalue weighted by molar-refractivity contribution is 0.101. The lowest BCUT2D eigenvalue weighted by Crippen LogP contribution is -2.14. The molecule has 190 valence electrons. The highest BCUT2D eigenvalue weighted by Crippen LogP contribution is 2.29. The molecule has 0 aliphatic rings. The van der Waals surface area contributed by atoms with Crippen LogP contribution in [0.15, 0.2) is 72.8 Å². The Morgan fingerprint density at radius 2 is 1.00 bits per heavy atom. The molecule has 0 saturated heterocycles. The molecule has 0 radical (unpaired) electrons. The van der Waals surface area contributed by atoms with Crippen molar-refractivity contribution in [1.29, 1.82) is 0 Å². The normalized spacial score (nSPS) is 10.8. The second-order valence-electron chi connectivity index (χ2n) is 8.88. The molecule has 0 fully saturated rings. The Kier molecular flexibility index (Phi) is 6.62. The summed E-state index contributed by atoms with van der Waals surface area (Å²) < 4.78 is 10.9. The molecule has 5 rings (SSSR count). The fourth-order valence-electron chi connectivity index (χ4n) is 4.31. The second kappa shape index (κ2) is 10.2. The van der Waals surface area contributed by atoms with Gasteiger partial charge < -0.3 is 20.1 Å². The van der Waals surface area contributed by atoms with E-state index in [1.165, 1.54) is 0 Å². The van der Waals surface area contributed by atoms with E-state index in [9.17, 15) is 9.59 Å². The van der Waals surface area contributed by atoms with E-state index in [1.807, 2.05) is 50.2 Å². The number of carbonyl (C=O) groups is 2. The number of methoxy groups -OCH3 is 2. The highest BCUT2D eigenvalue weighted by molar-refractivity contribution is 6.08. The van der Waals surface area contributed by atoms with Crippen molar-refractivity contribution in [2.24, 2.45) is 0 Å². The van der Waals surface area contributed by atoms with Gasteiger partial charge in [0.1, 0.15) is 11.5 Å². The average molecular weight is 507 g/mol. The third-order valence-corrected chi connectivity index (χ3v) is 6.16. The molecule has 2 aromatic heterocycles. The van der Waals surface area contributed by atoms with Gasteiger partial charge in [-0.05, 0) is 74.5 Å². The maximum atomic E-state index is 12.9. The van der Waals surface area contributed by atoms with Crippen LogP contribution in [0.2, 0.25) is 0 Å². The molecule has 2 N–H and O–H groups in total. The van der Waals surface area contributed by atoms with Crippen molar-refractivity contribution in [3.8, 4) is 11.5 Å². The largest absolute Gasteiger partial charge is 0.496 e. The van der Waals surface area contributed by atoms with Crippen molar-refractivity contribution in [3.05, 3.63) is 95.3 Å². The molecule has 2 heterocycles. The zero-order chi connectivity index (χ0) is 26.8. The van der Waals surface area contributed by atoms with Gasteiger partial charge in [-0.1, -0.05) is 0 Å². The molecule has 0 spiro atoms. The quantitative estimate of drug-likeness (QED) is 0.296. The van der Waals surface area contributed by atoms with Crippen molar-refractivity contribution in [1.82, 2.24) is 9.97 Å². The van der Waals surface area contributed by atoms with Gasteiger partial charge in [0.15, 0.2) is 0 Å². The van der Waals surface area contributed by atoms with Gasteiger partial charge in [-0.15, -0.1) is 0 Å². The first-order valence-corrected chi connectivity index (χ1v) is 12.0. The van der Waals surface area contributed by atoms with E-state index < -0.39 is 0 Å². The second-order valence-corrected chi connectivity index (χ2v) is 8.88. The van der Waals surface area contributed by atoms with Crippen LogP contribution in [0.1, 0.15) is 32.1 Å². The first-order chi connectivity index (χ1) is 18.3. The smallest absolute Gasteiger partial charge is 0.255 e. The summed E-state index contributed by atoms with van der Waals surface area (Å²) in [5.41, 5.74) is 5.35. The average Bonchev–Trinajstić information content (AvgIpc) is 2.92. The summed E-state index contributed by atoms with van der Waals surface area (Å²) in [6.45, 7) is 3.80. The molecule has 2 amide bonds. The third kappa shape index (κ3) is 4.97. The number of fused-ring (bicyclic) bond motifs is 2. The van der Waals surface area contributed by atoms with Crippen molar-refractivity contribution < 1.29 is 19.1 Å². The molecule has 5 aromatic rings. The third-order valence-electron chi connectivity index (χ3n) is 6.16. The molecule has 8 nitrogen and oxygen atoms in total. The Labute approximate surface area is 219 Å². The Hall–Kier alpha value is -4.98. The summed E-state index contributed by atoms with van der Waals surface area (Å²) in [4.78, 5) is 34.7. The number of benzene rings is 3. The van der Waals surface area contributed by atoms with Crippen LogP contribution in [0.5, 0.6) is 11.5 Å². The van der Waals surface area contributed by atoms with Crippen molar-refractivity contribution in [3.63, 3.8) is 0 Å². The van der Waals surface area contributed by atoms with Crippen molar-refractivity contribution in [2.45, 2.75) is 13.8 Å². The Morgan fingerprint density at radius 3 is 1.37 bits per heavy atom. The summed E-state index contributed by atoms with van der Waals surface area (Å²) in [5, 5.41) is 7.40. The van der Waals surface area contributed by atoms with E-state index in [1.54, 1.807) is 50.6 Å². The van der Waals surface area contributed by atoms with E-state index in [4.69, 9.17) is 9.47 Å². The molecular formula is C30H26N4O4. The Morgan fingerprint density at radius 1 is 0.605 bits per heavy atom. The van der Waals surface area contributed by atoms with E-state index in [2.05, 4.69) is 20.6 Å². The Bertz CT molecular complexity index is 1570. The summed E-state index contributed by atoms with van der Waals surface area (Å²) in [6, 6.07) is 21.1. The number of nitrogens with zero attached hydrogens (tertiary/aromatic N) is 2. The minimum Gasteiger partial charge on any atom is -0.496 e. The van der Waals surface area contributed by atoms with Gasteiger partial charge in [0.25, 0.3) is 11.8 Å². The van der Waals surface area contributed by atoms with Gasteiger partial charge in [0, 0.05) is 56.8 Å². The summed E-state index contributed by atoms with van der Waals surface area (Å²) >= 11 is 0. The van der Waals surface area contributed by atoms with E-state index in [0.717, 1.165) is 33.2 Å². The Balaban J connectivity index is 1.30. The molecular weight excluding hydrogens is 480 g/mol. The molecule has 0 saturated carbocycles. The van der Waals surface area contributed by atoms with Crippen LogP contribution < -0.4 is 20.1 Å². The molecule has 0 aliphatic heterocycles. The number of aryl methyl sites for hydroxylation is 2. The molecule has 0 bridgehead atoms. The molecule has 0 aliphatic carbocycles. The number of rotatable bonds is 6. The van der Waals surface area contributed by atoms with E-state index in [-0.39, 0.29) is 11.8 Å². The monoisotopic (exact) mass is 506 g/mol. The van der Waals surface area contributed by atoms with Crippen molar-refractivity contribution >= 4 is 45.0 Å². The molecule has 3 aromatic carbocycles. The number of hydrogen-bond donors (Lipinski definition) is 2. The minimum atomic E-state index is -0.292. The van der Waals surface area contributed by atoms with Crippen LogP contribution in [0.3, 0.4) is 0 Å². The van der Waals surface area contributed by atoms with Crippen LogP contribution in [-0.4, -0.2) is 36.0 Å². The van der Waals surface area contributed by atoms with Gasteiger partial charge in [-0.2, -0.15) is 0 Å². The highest BCUT2D eigenvalue weighted by atomic mass is 16.5. The van der Waals surface area contributed by atoms with Gasteiger partial charge in [-0.3, -0.25) is 19.6 Å². The fraction of sp³-hybridized carbons (Fsp3) is 0.133. The number of hydrogen-bond acceptors (Lipinski definition) is 6. The highest BCUT2D eigenvalue weighted by Gasteiger charge is 2.13. The zero-order valence-corrected chi connectivity index (χ0v) is 21.5. The summed E-state index contributed by atoms with van der Waals surface area (Å²) in [6.07, 6.45) is 0. The van der Waals surface area contributed by atoms with Gasteiger partial charge in [0.05, 0.1) is 25.3 Å². The maximum absolute atomic E-state index is 12.9. The van der Waals surface area contributed by atoms with E-state index >= 15 is 0 Å². The first kappa shape index (κ1) is 24.7. The summed E-state index contributed by atoms with van der Waals surface area (Å²) in [7, 11) is 3.21. The lowest BCUT2D eigenvalue weighted by atomic mass is 10.1. The van der Waals surface area contributed by atoms with Gasteiger partial charge in [0.2, 0.25) is 0 Å². The first-order valence-electron chi connectivity index (χ1n) is 12.0. The standard InChI is InChI=1S/C30H26N4O4/c1-17-13-27(37-3)23-15-21(9-11-25(23)31-17)33-29(35)19-5-7-20(8-6-19)30(36)34-22-10-12-26-24(16-22)28(38-4)14-18(2)32-26/h5-16H,1-4H3,(H,33,35)(H,34,36). The number of aromatic nitrogens is 2. The molecule has 8 heteroatoms. The molecule has 0 atom stereocenters. The van der Waals surface area contributed by atoms with Crippen LogP contribution in [0.25, 0.3) is 21.8 Å². The number of anilines is 2. The van der Waals surface area contributed by atoms with Gasteiger partial charge in [-0.25, -0.2) is 0 Å². The SMILES string of the molecule is COc1cc(C)nc2ccc(NC(=O)c3ccc(C(=O)Nc4ccc5nc(C)cc(OC)c5c4)cc3)cc12. The molecule has 0 unspecified atom stereocenters. The van der Waals surface area contributed by atoms with E-state index in [0.29, 0.717) is 34.0 Å². The molecule has 38 heavy (non-hydrogen) atoms.